The number of nitrogens with zero attached hydrogens (tertiary/aromatic N) is 1. The van der Waals surface area contributed by atoms with E-state index in [9.17, 15) is 13.6 Å². The molecule has 0 radical (unpaired) electrons. The SMILES string of the molecule is O=C(NC1CC2CCC1N2)c1cnc(-c2ccc(F)c(F)c2)s1. The van der Waals surface area contributed by atoms with Crippen LogP contribution in [-0.4, -0.2) is 29.0 Å². The van der Waals surface area contributed by atoms with Gasteiger partial charge in [0.15, 0.2) is 11.6 Å². The van der Waals surface area contributed by atoms with E-state index in [4.69, 9.17) is 0 Å². The Bertz CT molecular complexity index is 764. The maximum Gasteiger partial charge on any atom is 0.263 e. The number of carbonyl (C=O) groups excluding carboxylic acids is 1. The molecule has 2 aromatic rings. The van der Waals surface area contributed by atoms with E-state index in [1.807, 2.05) is 0 Å². The van der Waals surface area contributed by atoms with Crippen molar-refractivity contribution < 1.29 is 13.6 Å². The fourth-order valence-corrected chi connectivity index (χ4v) is 4.18. The van der Waals surface area contributed by atoms with Gasteiger partial charge in [0.1, 0.15) is 9.88 Å². The van der Waals surface area contributed by atoms with Crippen LogP contribution in [0.2, 0.25) is 0 Å². The molecule has 3 atom stereocenters. The zero-order valence-corrected chi connectivity index (χ0v) is 13.0. The Morgan fingerprint density at radius 2 is 2.17 bits per heavy atom. The molecular weight excluding hydrogens is 320 g/mol. The second-order valence-electron chi connectivity index (χ2n) is 6.02. The summed E-state index contributed by atoms with van der Waals surface area (Å²) < 4.78 is 26.3. The molecular formula is C16H15F2N3OS. The molecule has 2 N–H and O–H groups in total. The van der Waals surface area contributed by atoms with E-state index in [2.05, 4.69) is 15.6 Å². The monoisotopic (exact) mass is 335 g/mol. The number of rotatable bonds is 3. The van der Waals surface area contributed by atoms with Crippen LogP contribution in [0, 0.1) is 11.6 Å². The fraction of sp³-hybridized carbons (Fsp3) is 0.375. The molecule has 0 aliphatic carbocycles. The Morgan fingerprint density at radius 1 is 1.30 bits per heavy atom. The van der Waals surface area contributed by atoms with Crippen LogP contribution in [-0.2, 0) is 0 Å². The lowest BCUT2D eigenvalue weighted by molar-refractivity contribution is 0.0935. The van der Waals surface area contributed by atoms with Gasteiger partial charge < -0.3 is 10.6 Å². The molecule has 4 rings (SSSR count). The molecule has 2 aliphatic heterocycles. The van der Waals surface area contributed by atoms with E-state index in [0.29, 0.717) is 27.5 Å². The van der Waals surface area contributed by atoms with Crippen molar-refractivity contribution in [2.24, 2.45) is 0 Å². The first-order chi connectivity index (χ1) is 11.1. The number of halogens is 2. The van der Waals surface area contributed by atoms with Gasteiger partial charge in [-0.1, -0.05) is 0 Å². The second kappa shape index (κ2) is 5.65. The Kier molecular flexibility index (Phi) is 3.61. The molecule has 2 bridgehead atoms. The summed E-state index contributed by atoms with van der Waals surface area (Å²) in [4.78, 5) is 17.0. The largest absolute Gasteiger partial charge is 0.347 e. The number of hydrogen-bond donors (Lipinski definition) is 2. The highest BCUT2D eigenvalue weighted by Gasteiger charge is 2.39. The summed E-state index contributed by atoms with van der Waals surface area (Å²) in [6.07, 6.45) is 4.72. The number of nitrogens with one attached hydrogen (secondary N) is 2. The van der Waals surface area contributed by atoms with Crippen LogP contribution in [0.25, 0.3) is 10.6 Å². The van der Waals surface area contributed by atoms with Crippen molar-refractivity contribution in [2.75, 3.05) is 0 Å². The van der Waals surface area contributed by atoms with Gasteiger partial charge in [-0.05, 0) is 37.5 Å². The first kappa shape index (κ1) is 14.7. The minimum absolute atomic E-state index is 0.157. The minimum atomic E-state index is -0.920. The molecule has 4 nitrogen and oxygen atoms in total. The number of benzene rings is 1. The van der Waals surface area contributed by atoms with Crippen LogP contribution in [0.1, 0.15) is 28.9 Å². The standard InChI is InChI=1S/C16H15F2N3OS/c17-10-3-1-8(5-11(10)18)16-19-7-14(23-16)15(22)21-13-6-9-2-4-12(13)20-9/h1,3,5,7,9,12-13,20H,2,4,6H2,(H,21,22). The van der Waals surface area contributed by atoms with Crippen molar-refractivity contribution in [2.45, 2.75) is 37.4 Å². The van der Waals surface area contributed by atoms with E-state index >= 15 is 0 Å². The average Bonchev–Trinajstić information content (AvgIpc) is 3.25. The van der Waals surface area contributed by atoms with Gasteiger partial charge in [0.2, 0.25) is 0 Å². The van der Waals surface area contributed by atoms with Crippen LogP contribution in [0.3, 0.4) is 0 Å². The second-order valence-corrected chi connectivity index (χ2v) is 7.05. The Labute approximate surface area is 135 Å². The molecule has 2 fully saturated rings. The molecule has 1 aromatic carbocycles. The summed E-state index contributed by atoms with van der Waals surface area (Å²) in [5.41, 5.74) is 0.467. The Hall–Kier alpha value is -1.86. The van der Waals surface area contributed by atoms with Crippen LogP contribution in [0.4, 0.5) is 8.78 Å². The van der Waals surface area contributed by atoms with E-state index in [1.165, 1.54) is 30.0 Å². The van der Waals surface area contributed by atoms with Crippen molar-refractivity contribution in [3.8, 4) is 10.6 Å². The first-order valence-electron chi connectivity index (χ1n) is 7.58. The number of thiazole rings is 1. The van der Waals surface area contributed by atoms with E-state index in [0.717, 1.165) is 25.0 Å². The fourth-order valence-electron chi connectivity index (χ4n) is 3.36. The summed E-state index contributed by atoms with van der Waals surface area (Å²) in [5, 5.41) is 7.02. The first-order valence-corrected chi connectivity index (χ1v) is 8.40. The number of fused-ring (bicyclic) bond motifs is 2. The highest BCUT2D eigenvalue weighted by atomic mass is 32.1. The van der Waals surface area contributed by atoms with Crippen molar-refractivity contribution in [1.82, 2.24) is 15.6 Å². The molecule has 2 aliphatic rings. The van der Waals surface area contributed by atoms with Gasteiger partial charge in [-0.15, -0.1) is 11.3 Å². The lowest BCUT2D eigenvalue weighted by atomic mass is 9.95. The summed E-state index contributed by atoms with van der Waals surface area (Å²) in [6, 6.07) is 4.66. The van der Waals surface area contributed by atoms with Gasteiger partial charge >= 0.3 is 0 Å². The predicted octanol–water partition coefficient (Wildman–Crippen LogP) is 2.71. The van der Waals surface area contributed by atoms with Crippen molar-refractivity contribution in [3.63, 3.8) is 0 Å². The van der Waals surface area contributed by atoms with Crippen LogP contribution >= 0.6 is 11.3 Å². The molecule has 23 heavy (non-hydrogen) atoms. The highest BCUT2D eigenvalue weighted by Crippen LogP contribution is 2.30. The molecule has 2 saturated heterocycles. The van der Waals surface area contributed by atoms with E-state index < -0.39 is 11.6 Å². The summed E-state index contributed by atoms with van der Waals surface area (Å²) in [5.74, 6) is -1.97. The third-order valence-corrected chi connectivity index (χ3v) is 5.56. The van der Waals surface area contributed by atoms with E-state index in [-0.39, 0.29) is 11.9 Å². The summed E-state index contributed by atoms with van der Waals surface area (Å²) >= 11 is 1.18. The minimum Gasteiger partial charge on any atom is -0.347 e. The topological polar surface area (TPSA) is 54.0 Å². The van der Waals surface area contributed by atoms with Gasteiger partial charge in [0, 0.05) is 23.7 Å². The normalized spacial score (nSPS) is 25.7. The summed E-state index contributed by atoms with van der Waals surface area (Å²) in [7, 11) is 0. The predicted molar refractivity (Wildman–Crippen MR) is 83.3 cm³/mol. The van der Waals surface area contributed by atoms with Gasteiger partial charge in [-0.2, -0.15) is 0 Å². The van der Waals surface area contributed by atoms with Crippen LogP contribution in [0.15, 0.2) is 24.4 Å². The maximum absolute atomic E-state index is 13.3. The molecule has 1 aromatic heterocycles. The average molecular weight is 335 g/mol. The third kappa shape index (κ3) is 2.74. The molecule has 3 unspecified atom stereocenters. The third-order valence-electron chi connectivity index (χ3n) is 4.51. The molecule has 0 spiro atoms. The Morgan fingerprint density at radius 3 is 2.87 bits per heavy atom. The van der Waals surface area contributed by atoms with Gasteiger partial charge in [-0.3, -0.25) is 4.79 Å². The molecule has 3 heterocycles. The summed E-state index contributed by atoms with van der Waals surface area (Å²) in [6.45, 7) is 0. The zero-order chi connectivity index (χ0) is 16.0. The molecule has 7 heteroatoms. The number of aromatic nitrogens is 1. The quantitative estimate of drug-likeness (QED) is 0.907. The van der Waals surface area contributed by atoms with Crippen LogP contribution < -0.4 is 10.6 Å². The zero-order valence-electron chi connectivity index (χ0n) is 12.2. The lowest BCUT2D eigenvalue weighted by Crippen LogP contribution is -2.42. The Balaban J connectivity index is 1.48. The number of hydrogen-bond acceptors (Lipinski definition) is 4. The van der Waals surface area contributed by atoms with Crippen molar-refractivity contribution in [3.05, 3.63) is 40.9 Å². The lowest BCUT2D eigenvalue weighted by Gasteiger charge is -2.20. The van der Waals surface area contributed by atoms with Gasteiger partial charge in [-0.25, -0.2) is 13.8 Å². The number of amides is 1. The number of carbonyl (C=O) groups is 1. The van der Waals surface area contributed by atoms with Gasteiger partial charge in [0.05, 0.1) is 6.20 Å². The molecule has 0 saturated carbocycles. The molecule has 120 valence electrons. The maximum atomic E-state index is 13.3. The molecule has 1 amide bonds. The van der Waals surface area contributed by atoms with E-state index in [1.54, 1.807) is 0 Å². The van der Waals surface area contributed by atoms with Crippen molar-refractivity contribution >= 4 is 17.2 Å². The highest BCUT2D eigenvalue weighted by molar-refractivity contribution is 7.16. The van der Waals surface area contributed by atoms with Crippen LogP contribution in [0.5, 0.6) is 0 Å². The smallest absolute Gasteiger partial charge is 0.263 e. The van der Waals surface area contributed by atoms with Crippen molar-refractivity contribution in [1.29, 1.82) is 0 Å². The van der Waals surface area contributed by atoms with Gasteiger partial charge in [0.25, 0.3) is 5.91 Å².